The Morgan fingerprint density at radius 2 is 2.05 bits per heavy atom. The molecule has 0 spiro atoms. The zero-order valence-corrected chi connectivity index (χ0v) is 11.1. The minimum atomic E-state index is 0.604. The standard InChI is InChI=1S/C18H14N2/c19-11-13-5-6-14-7-8-20(18(14)9-13)12-16-10-15-3-1-2-4-17(15)16/h1-9,16H,10,12H2. The highest BCUT2D eigenvalue weighted by atomic mass is 15.0. The third kappa shape index (κ3) is 1.64. The summed E-state index contributed by atoms with van der Waals surface area (Å²) < 4.78 is 2.27. The lowest BCUT2D eigenvalue weighted by atomic mass is 9.77. The Morgan fingerprint density at radius 3 is 2.90 bits per heavy atom. The maximum absolute atomic E-state index is 9.04. The van der Waals surface area contributed by atoms with E-state index < -0.39 is 0 Å². The van der Waals surface area contributed by atoms with Crippen molar-refractivity contribution >= 4 is 10.9 Å². The van der Waals surface area contributed by atoms with E-state index in [0.29, 0.717) is 5.92 Å². The molecule has 3 aromatic rings. The van der Waals surface area contributed by atoms with Gasteiger partial charge in [-0.05, 0) is 41.1 Å². The molecule has 4 rings (SSSR count). The van der Waals surface area contributed by atoms with E-state index in [2.05, 4.69) is 47.2 Å². The molecule has 1 aliphatic carbocycles. The van der Waals surface area contributed by atoms with Gasteiger partial charge in [-0.2, -0.15) is 5.26 Å². The molecule has 2 heteroatoms. The smallest absolute Gasteiger partial charge is 0.0992 e. The molecule has 0 radical (unpaired) electrons. The molecule has 0 aliphatic heterocycles. The number of nitrogens with zero attached hydrogens (tertiary/aromatic N) is 2. The molecular weight excluding hydrogens is 244 g/mol. The van der Waals surface area contributed by atoms with Crippen LogP contribution in [0.3, 0.4) is 0 Å². The van der Waals surface area contributed by atoms with Crippen LogP contribution in [0.15, 0.2) is 54.7 Å². The van der Waals surface area contributed by atoms with Gasteiger partial charge in [0.2, 0.25) is 0 Å². The Morgan fingerprint density at radius 1 is 1.15 bits per heavy atom. The molecule has 1 atom stereocenters. The summed E-state index contributed by atoms with van der Waals surface area (Å²) in [4.78, 5) is 0. The van der Waals surface area contributed by atoms with Crippen LogP contribution in [0.2, 0.25) is 0 Å². The number of nitriles is 1. The summed E-state index contributed by atoms with van der Waals surface area (Å²) >= 11 is 0. The molecule has 0 amide bonds. The molecule has 1 heterocycles. The maximum Gasteiger partial charge on any atom is 0.0992 e. The molecule has 1 unspecified atom stereocenters. The summed E-state index contributed by atoms with van der Waals surface area (Å²) in [5.74, 6) is 0.604. The highest BCUT2D eigenvalue weighted by Gasteiger charge is 2.25. The van der Waals surface area contributed by atoms with Crippen LogP contribution in [0.25, 0.3) is 10.9 Å². The summed E-state index contributed by atoms with van der Waals surface area (Å²) in [6, 6.07) is 18.9. The van der Waals surface area contributed by atoms with Crippen molar-refractivity contribution < 1.29 is 0 Å². The van der Waals surface area contributed by atoms with E-state index >= 15 is 0 Å². The fourth-order valence-corrected chi connectivity index (χ4v) is 3.18. The van der Waals surface area contributed by atoms with Crippen LogP contribution >= 0.6 is 0 Å². The Bertz CT molecular complexity index is 836. The van der Waals surface area contributed by atoms with E-state index in [0.717, 1.165) is 24.0 Å². The summed E-state index contributed by atoms with van der Waals surface area (Å²) in [6.07, 6.45) is 3.29. The fourth-order valence-electron chi connectivity index (χ4n) is 3.18. The number of benzene rings is 2. The molecule has 0 saturated heterocycles. The second kappa shape index (κ2) is 4.25. The lowest BCUT2D eigenvalue weighted by Crippen LogP contribution is -2.21. The summed E-state index contributed by atoms with van der Waals surface area (Å²) in [5.41, 5.74) is 4.84. The monoisotopic (exact) mass is 258 g/mol. The van der Waals surface area contributed by atoms with Crippen molar-refractivity contribution in [2.75, 3.05) is 0 Å². The molecule has 1 aromatic heterocycles. The van der Waals surface area contributed by atoms with Gasteiger partial charge < -0.3 is 4.57 Å². The average Bonchev–Trinajstić information content (AvgIpc) is 2.87. The molecule has 0 N–H and O–H groups in total. The zero-order chi connectivity index (χ0) is 13.5. The van der Waals surface area contributed by atoms with Crippen molar-refractivity contribution in [2.45, 2.75) is 18.9 Å². The summed E-state index contributed by atoms with van der Waals surface area (Å²) in [5, 5.41) is 10.2. The van der Waals surface area contributed by atoms with Crippen molar-refractivity contribution in [3.63, 3.8) is 0 Å². The van der Waals surface area contributed by atoms with Gasteiger partial charge in [-0.25, -0.2) is 0 Å². The van der Waals surface area contributed by atoms with Gasteiger partial charge in [-0.1, -0.05) is 30.3 Å². The molecule has 20 heavy (non-hydrogen) atoms. The van der Waals surface area contributed by atoms with Crippen LogP contribution < -0.4 is 0 Å². The predicted molar refractivity (Wildman–Crippen MR) is 79.5 cm³/mol. The summed E-state index contributed by atoms with van der Waals surface area (Å²) in [7, 11) is 0. The lowest BCUT2D eigenvalue weighted by Gasteiger charge is -2.30. The molecule has 0 bridgehead atoms. The van der Waals surface area contributed by atoms with Gasteiger partial charge in [0.25, 0.3) is 0 Å². The van der Waals surface area contributed by atoms with Gasteiger partial charge in [-0.15, -0.1) is 0 Å². The van der Waals surface area contributed by atoms with Gasteiger partial charge in [0.1, 0.15) is 0 Å². The molecular formula is C18H14N2. The second-order valence-corrected chi connectivity index (χ2v) is 5.45. The van der Waals surface area contributed by atoms with Crippen LogP contribution in [0.1, 0.15) is 22.6 Å². The van der Waals surface area contributed by atoms with E-state index in [1.165, 1.54) is 16.5 Å². The zero-order valence-electron chi connectivity index (χ0n) is 11.1. The lowest BCUT2D eigenvalue weighted by molar-refractivity contribution is 0.518. The van der Waals surface area contributed by atoms with Gasteiger partial charge in [0.15, 0.2) is 0 Å². The van der Waals surface area contributed by atoms with E-state index in [9.17, 15) is 0 Å². The number of hydrogen-bond donors (Lipinski definition) is 0. The predicted octanol–water partition coefficient (Wildman–Crippen LogP) is 3.85. The molecule has 0 fully saturated rings. The van der Waals surface area contributed by atoms with Crippen molar-refractivity contribution in [3.05, 3.63) is 71.4 Å². The molecule has 96 valence electrons. The van der Waals surface area contributed by atoms with E-state index in [1.807, 2.05) is 18.2 Å². The highest BCUT2D eigenvalue weighted by molar-refractivity contribution is 5.81. The van der Waals surface area contributed by atoms with Crippen molar-refractivity contribution in [3.8, 4) is 6.07 Å². The number of aromatic nitrogens is 1. The number of fused-ring (bicyclic) bond motifs is 2. The quantitative estimate of drug-likeness (QED) is 0.686. The Hall–Kier alpha value is -2.53. The van der Waals surface area contributed by atoms with Gasteiger partial charge >= 0.3 is 0 Å². The first-order valence-electron chi connectivity index (χ1n) is 6.92. The fraction of sp³-hybridized carbons (Fsp3) is 0.167. The van der Waals surface area contributed by atoms with E-state index in [4.69, 9.17) is 5.26 Å². The first kappa shape index (κ1) is 11.3. The SMILES string of the molecule is N#Cc1ccc2ccn(CC3Cc4ccccc43)c2c1. The van der Waals surface area contributed by atoms with E-state index in [-0.39, 0.29) is 0 Å². The minimum absolute atomic E-state index is 0.604. The van der Waals surface area contributed by atoms with Crippen LogP contribution in [0, 0.1) is 11.3 Å². The van der Waals surface area contributed by atoms with Crippen LogP contribution in [-0.2, 0) is 13.0 Å². The van der Waals surface area contributed by atoms with Crippen LogP contribution in [-0.4, -0.2) is 4.57 Å². The topological polar surface area (TPSA) is 28.7 Å². The highest BCUT2D eigenvalue weighted by Crippen LogP contribution is 2.36. The Kier molecular flexibility index (Phi) is 2.40. The number of hydrogen-bond acceptors (Lipinski definition) is 1. The van der Waals surface area contributed by atoms with Crippen molar-refractivity contribution in [2.24, 2.45) is 0 Å². The van der Waals surface area contributed by atoms with Crippen molar-refractivity contribution in [1.29, 1.82) is 5.26 Å². The molecule has 0 saturated carbocycles. The first-order chi connectivity index (χ1) is 9.85. The van der Waals surface area contributed by atoms with Crippen LogP contribution in [0.5, 0.6) is 0 Å². The Balaban J connectivity index is 1.69. The largest absolute Gasteiger partial charge is 0.347 e. The van der Waals surface area contributed by atoms with Gasteiger partial charge in [-0.3, -0.25) is 0 Å². The van der Waals surface area contributed by atoms with Crippen LogP contribution in [0.4, 0.5) is 0 Å². The third-order valence-corrected chi connectivity index (χ3v) is 4.28. The summed E-state index contributed by atoms with van der Waals surface area (Å²) in [6.45, 7) is 0.995. The average molecular weight is 258 g/mol. The van der Waals surface area contributed by atoms with Gasteiger partial charge in [0, 0.05) is 24.2 Å². The first-order valence-corrected chi connectivity index (χ1v) is 6.92. The van der Waals surface area contributed by atoms with Crippen molar-refractivity contribution in [1.82, 2.24) is 4.57 Å². The molecule has 2 aromatic carbocycles. The maximum atomic E-state index is 9.04. The Labute approximate surface area is 117 Å². The third-order valence-electron chi connectivity index (χ3n) is 4.28. The normalized spacial score (nSPS) is 16.4. The second-order valence-electron chi connectivity index (χ2n) is 5.45. The van der Waals surface area contributed by atoms with Gasteiger partial charge in [0.05, 0.1) is 11.6 Å². The number of rotatable bonds is 2. The van der Waals surface area contributed by atoms with E-state index in [1.54, 1.807) is 0 Å². The molecule has 2 nitrogen and oxygen atoms in total. The molecule has 1 aliphatic rings. The minimum Gasteiger partial charge on any atom is -0.347 e.